The van der Waals surface area contributed by atoms with Gasteiger partial charge in [0.15, 0.2) is 0 Å². The minimum absolute atomic E-state index is 0.0503. The monoisotopic (exact) mass is 250 g/mol. The molecule has 0 aromatic rings. The Balaban J connectivity index is 2.45. The minimum atomic E-state index is -3.51. The minimum Gasteiger partial charge on any atom is -0.469 e. The molecule has 0 bridgehead atoms. The van der Waals surface area contributed by atoms with E-state index in [0.717, 1.165) is 6.26 Å². The van der Waals surface area contributed by atoms with Crippen LogP contribution in [0.5, 0.6) is 0 Å². The Bertz CT molecular complexity index is 383. The van der Waals surface area contributed by atoms with E-state index in [-0.39, 0.29) is 30.9 Å². The molecule has 7 heteroatoms. The van der Waals surface area contributed by atoms with Crippen molar-refractivity contribution in [1.29, 1.82) is 0 Å². The zero-order valence-corrected chi connectivity index (χ0v) is 9.95. The molecule has 0 aliphatic carbocycles. The number of hydrogen-bond acceptors (Lipinski definition) is 6. The molecule has 0 aromatic carbocycles. The van der Waals surface area contributed by atoms with Gasteiger partial charge in [-0.2, -0.15) is 8.42 Å². The molecule has 0 amide bonds. The van der Waals surface area contributed by atoms with Crippen molar-refractivity contribution >= 4 is 16.1 Å². The van der Waals surface area contributed by atoms with E-state index in [1.807, 2.05) is 0 Å². The summed E-state index contributed by atoms with van der Waals surface area (Å²) in [5.41, 5.74) is 0. The summed E-state index contributed by atoms with van der Waals surface area (Å²) in [6, 6.07) is 0. The van der Waals surface area contributed by atoms with Crippen LogP contribution in [0.4, 0.5) is 0 Å². The molecule has 1 aliphatic heterocycles. The maximum absolute atomic E-state index is 10.9. The lowest BCUT2D eigenvalue weighted by Crippen LogP contribution is -2.24. The molecule has 6 nitrogen and oxygen atoms in total. The van der Waals surface area contributed by atoms with Crippen LogP contribution in [0, 0.1) is 0 Å². The zero-order chi connectivity index (χ0) is 12.2. The van der Waals surface area contributed by atoms with Gasteiger partial charge in [-0.1, -0.05) is 0 Å². The Kier molecular flexibility index (Phi) is 4.31. The quantitative estimate of drug-likeness (QED) is 0.524. The molecule has 0 radical (unpaired) electrons. The first kappa shape index (κ1) is 13.0. The van der Waals surface area contributed by atoms with Gasteiger partial charge in [0.05, 0.1) is 25.9 Å². The summed E-state index contributed by atoms with van der Waals surface area (Å²) < 4.78 is 36.0. The molecule has 92 valence electrons. The lowest BCUT2D eigenvalue weighted by Gasteiger charge is -2.21. The molecule has 0 fully saturated rings. The van der Waals surface area contributed by atoms with Crippen molar-refractivity contribution in [3.8, 4) is 0 Å². The van der Waals surface area contributed by atoms with Gasteiger partial charge < -0.3 is 13.7 Å². The van der Waals surface area contributed by atoms with Gasteiger partial charge >= 0.3 is 16.1 Å². The first-order valence-electron chi connectivity index (χ1n) is 4.67. The van der Waals surface area contributed by atoms with E-state index in [2.05, 4.69) is 8.92 Å². The van der Waals surface area contributed by atoms with Crippen molar-refractivity contribution in [1.82, 2.24) is 0 Å². The molecule has 1 rings (SSSR count). The van der Waals surface area contributed by atoms with Crippen molar-refractivity contribution in [3.05, 3.63) is 11.8 Å². The Hall–Kier alpha value is -1.08. The highest BCUT2D eigenvalue weighted by atomic mass is 32.2. The average Bonchev–Trinajstić information content (AvgIpc) is 2.18. The Morgan fingerprint density at radius 2 is 2.31 bits per heavy atom. The van der Waals surface area contributed by atoms with Crippen LogP contribution in [0.2, 0.25) is 0 Å². The average molecular weight is 250 g/mol. The first-order valence-corrected chi connectivity index (χ1v) is 6.49. The highest BCUT2D eigenvalue weighted by Gasteiger charge is 2.20. The van der Waals surface area contributed by atoms with Crippen LogP contribution in [-0.2, 0) is 28.6 Å². The third-order valence-electron chi connectivity index (χ3n) is 1.95. The summed E-state index contributed by atoms with van der Waals surface area (Å²) in [6.07, 6.45) is 2.88. The Labute approximate surface area is 94.3 Å². The van der Waals surface area contributed by atoms with E-state index in [4.69, 9.17) is 4.74 Å². The standard InChI is InChI=1S/C9H14O6S/c1-13-9(10)5-7-3-4-8(6-14-7)15-16(2,11)12/h4,7H,3,5-6H2,1-2H3. The third-order valence-corrected chi connectivity index (χ3v) is 2.47. The number of carbonyl (C=O) groups is 1. The van der Waals surface area contributed by atoms with Crippen molar-refractivity contribution < 1.29 is 26.9 Å². The number of esters is 1. The van der Waals surface area contributed by atoms with Gasteiger partial charge in [0.25, 0.3) is 0 Å². The molecule has 0 N–H and O–H groups in total. The van der Waals surface area contributed by atoms with E-state index in [0.29, 0.717) is 6.42 Å². The summed E-state index contributed by atoms with van der Waals surface area (Å²) in [5.74, 6) is -0.102. The van der Waals surface area contributed by atoms with Gasteiger partial charge in [-0.3, -0.25) is 4.79 Å². The smallest absolute Gasteiger partial charge is 0.308 e. The molecule has 1 unspecified atom stereocenters. The maximum Gasteiger partial charge on any atom is 0.308 e. The molecular weight excluding hydrogens is 236 g/mol. The molecule has 1 aliphatic rings. The van der Waals surface area contributed by atoms with Crippen LogP contribution >= 0.6 is 0 Å². The molecular formula is C9H14O6S. The molecule has 1 atom stereocenters. The number of hydrogen-bond donors (Lipinski definition) is 0. The third kappa shape index (κ3) is 4.63. The zero-order valence-electron chi connectivity index (χ0n) is 9.13. The molecule has 0 aromatic heterocycles. The van der Waals surface area contributed by atoms with Gasteiger partial charge in [0, 0.05) is 0 Å². The van der Waals surface area contributed by atoms with Gasteiger partial charge in [0.2, 0.25) is 0 Å². The van der Waals surface area contributed by atoms with E-state index < -0.39 is 10.1 Å². The summed E-state index contributed by atoms with van der Waals surface area (Å²) >= 11 is 0. The van der Waals surface area contributed by atoms with Crippen LogP contribution < -0.4 is 0 Å². The molecule has 0 spiro atoms. The topological polar surface area (TPSA) is 78.9 Å². The van der Waals surface area contributed by atoms with Crippen molar-refractivity contribution in [3.63, 3.8) is 0 Å². The number of carbonyl (C=O) groups excluding carboxylic acids is 1. The highest BCUT2D eigenvalue weighted by molar-refractivity contribution is 7.86. The Morgan fingerprint density at radius 1 is 1.62 bits per heavy atom. The van der Waals surface area contributed by atoms with E-state index in [1.54, 1.807) is 6.08 Å². The van der Waals surface area contributed by atoms with Crippen molar-refractivity contribution in [2.75, 3.05) is 20.0 Å². The van der Waals surface area contributed by atoms with Gasteiger partial charge in [0.1, 0.15) is 12.4 Å². The Morgan fingerprint density at radius 3 is 2.75 bits per heavy atom. The second-order valence-electron chi connectivity index (χ2n) is 3.41. The van der Waals surface area contributed by atoms with Crippen molar-refractivity contribution in [2.45, 2.75) is 18.9 Å². The fraction of sp³-hybridized carbons (Fsp3) is 0.667. The SMILES string of the molecule is COC(=O)CC1CC=C(OS(C)(=O)=O)CO1. The molecule has 16 heavy (non-hydrogen) atoms. The predicted molar refractivity (Wildman–Crippen MR) is 55.0 cm³/mol. The summed E-state index contributed by atoms with van der Waals surface area (Å²) in [5, 5.41) is 0. The van der Waals surface area contributed by atoms with Gasteiger partial charge in [-0.05, 0) is 12.5 Å². The normalized spacial score (nSPS) is 21.1. The summed E-state index contributed by atoms with van der Waals surface area (Å²) in [4.78, 5) is 10.9. The van der Waals surface area contributed by atoms with E-state index in [9.17, 15) is 13.2 Å². The van der Waals surface area contributed by atoms with E-state index >= 15 is 0 Å². The van der Waals surface area contributed by atoms with Gasteiger partial charge in [-0.25, -0.2) is 0 Å². The largest absolute Gasteiger partial charge is 0.469 e. The second-order valence-corrected chi connectivity index (χ2v) is 4.98. The highest BCUT2D eigenvalue weighted by Crippen LogP contribution is 2.17. The predicted octanol–water partition coefficient (Wildman–Crippen LogP) is 0.199. The summed E-state index contributed by atoms with van der Waals surface area (Å²) in [6.45, 7) is 0.0503. The van der Waals surface area contributed by atoms with Crippen LogP contribution in [0.25, 0.3) is 0 Å². The maximum atomic E-state index is 10.9. The lowest BCUT2D eigenvalue weighted by atomic mass is 10.1. The fourth-order valence-corrected chi connectivity index (χ4v) is 1.76. The first-order chi connectivity index (χ1) is 7.40. The summed E-state index contributed by atoms with van der Waals surface area (Å²) in [7, 11) is -2.20. The molecule has 0 saturated heterocycles. The number of methoxy groups -OCH3 is 1. The van der Waals surface area contributed by atoms with Crippen LogP contribution in [-0.4, -0.2) is 40.5 Å². The van der Waals surface area contributed by atoms with Crippen LogP contribution in [0.15, 0.2) is 11.8 Å². The lowest BCUT2D eigenvalue weighted by molar-refractivity contribution is -0.143. The number of ether oxygens (including phenoxy) is 2. The van der Waals surface area contributed by atoms with Crippen LogP contribution in [0.3, 0.4) is 0 Å². The number of rotatable bonds is 4. The van der Waals surface area contributed by atoms with E-state index in [1.165, 1.54) is 7.11 Å². The molecule has 1 heterocycles. The second kappa shape index (κ2) is 5.31. The fourth-order valence-electron chi connectivity index (χ4n) is 1.25. The van der Waals surface area contributed by atoms with Gasteiger partial charge in [-0.15, -0.1) is 0 Å². The van der Waals surface area contributed by atoms with Crippen molar-refractivity contribution in [2.24, 2.45) is 0 Å². The van der Waals surface area contributed by atoms with Crippen LogP contribution in [0.1, 0.15) is 12.8 Å². The molecule has 0 saturated carbocycles.